The smallest absolute Gasteiger partial charge is 0.0940 e. The number of rotatable bonds is 2. The molecule has 1 heterocycles. The van der Waals surface area contributed by atoms with E-state index in [1.54, 1.807) is 0 Å². The predicted molar refractivity (Wildman–Crippen MR) is 53.1 cm³/mol. The van der Waals surface area contributed by atoms with E-state index >= 15 is 0 Å². The second kappa shape index (κ2) is 3.75. The molecule has 1 N–H and O–H groups in total. The molecule has 2 unspecified atom stereocenters. The topological polar surface area (TPSA) is 12.0 Å². The van der Waals surface area contributed by atoms with Gasteiger partial charge in [-0.2, -0.15) is 0 Å². The third kappa shape index (κ3) is 1.99. The van der Waals surface area contributed by atoms with Gasteiger partial charge in [0.25, 0.3) is 0 Å². The standard InChI is InChI=1S/C10H23N2/c1-5-12(6-2)7-9(3)11-10(4)8-12/h9-11H,5-8H2,1-4H3/q+1. The second-order valence-electron chi connectivity index (χ2n) is 4.31. The number of nitrogens with one attached hydrogen (secondary N) is 1. The van der Waals surface area contributed by atoms with Crippen molar-refractivity contribution >= 4 is 0 Å². The zero-order chi connectivity index (χ0) is 9.19. The van der Waals surface area contributed by atoms with E-state index in [1.165, 1.54) is 30.7 Å². The van der Waals surface area contributed by atoms with Crippen LogP contribution in [-0.4, -0.2) is 42.7 Å². The second-order valence-corrected chi connectivity index (χ2v) is 4.31. The third-order valence-corrected chi connectivity index (χ3v) is 3.23. The molecule has 2 atom stereocenters. The van der Waals surface area contributed by atoms with E-state index in [-0.39, 0.29) is 0 Å². The van der Waals surface area contributed by atoms with E-state index in [4.69, 9.17) is 0 Å². The van der Waals surface area contributed by atoms with Crippen LogP contribution in [0, 0.1) is 0 Å². The van der Waals surface area contributed by atoms with Crippen molar-refractivity contribution in [2.24, 2.45) is 0 Å². The van der Waals surface area contributed by atoms with Crippen LogP contribution in [0.25, 0.3) is 0 Å². The van der Waals surface area contributed by atoms with E-state index < -0.39 is 0 Å². The monoisotopic (exact) mass is 171 g/mol. The van der Waals surface area contributed by atoms with Crippen LogP contribution in [0.15, 0.2) is 0 Å². The van der Waals surface area contributed by atoms with Crippen molar-refractivity contribution in [2.45, 2.75) is 39.8 Å². The van der Waals surface area contributed by atoms with Crippen molar-refractivity contribution in [3.8, 4) is 0 Å². The van der Waals surface area contributed by atoms with E-state index in [1.807, 2.05) is 0 Å². The molecule has 72 valence electrons. The molecule has 0 radical (unpaired) electrons. The van der Waals surface area contributed by atoms with Crippen molar-refractivity contribution < 1.29 is 4.48 Å². The first-order chi connectivity index (χ1) is 5.62. The Morgan fingerprint density at radius 2 is 1.50 bits per heavy atom. The van der Waals surface area contributed by atoms with Crippen LogP contribution in [0.4, 0.5) is 0 Å². The lowest BCUT2D eigenvalue weighted by molar-refractivity contribution is -0.931. The fraction of sp³-hybridized carbons (Fsp3) is 1.00. The first-order valence-corrected chi connectivity index (χ1v) is 5.23. The van der Waals surface area contributed by atoms with E-state index in [9.17, 15) is 0 Å². The van der Waals surface area contributed by atoms with E-state index in [2.05, 4.69) is 33.0 Å². The Bertz CT molecular complexity index is 129. The highest BCUT2D eigenvalue weighted by molar-refractivity contribution is 4.73. The van der Waals surface area contributed by atoms with Gasteiger partial charge in [-0.25, -0.2) is 0 Å². The molecule has 12 heavy (non-hydrogen) atoms. The zero-order valence-corrected chi connectivity index (χ0v) is 8.93. The van der Waals surface area contributed by atoms with Crippen LogP contribution in [0.1, 0.15) is 27.7 Å². The average molecular weight is 171 g/mol. The lowest BCUT2D eigenvalue weighted by Crippen LogP contribution is -2.64. The molecule has 0 amide bonds. The largest absolute Gasteiger partial charge is 0.322 e. The molecule has 1 aliphatic rings. The quantitative estimate of drug-likeness (QED) is 0.616. The molecule has 1 aliphatic heterocycles. The normalized spacial score (nSPS) is 35.0. The maximum Gasteiger partial charge on any atom is 0.0940 e. The molecule has 0 aliphatic carbocycles. The summed E-state index contributed by atoms with van der Waals surface area (Å²) in [5.74, 6) is 0. The summed E-state index contributed by atoms with van der Waals surface area (Å²) in [6.07, 6.45) is 0. The van der Waals surface area contributed by atoms with Crippen LogP contribution in [0.3, 0.4) is 0 Å². The Morgan fingerprint density at radius 3 is 1.83 bits per heavy atom. The molecular formula is C10H23N2+. The Morgan fingerprint density at radius 1 is 1.08 bits per heavy atom. The molecule has 1 rings (SSSR count). The van der Waals surface area contributed by atoms with Gasteiger partial charge in [-0.05, 0) is 27.7 Å². The number of likely N-dealkylation sites (N-methyl/N-ethyl adjacent to an activating group) is 1. The number of hydrogen-bond donors (Lipinski definition) is 1. The Hall–Kier alpha value is -0.0800. The summed E-state index contributed by atoms with van der Waals surface area (Å²) in [5, 5.41) is 3.59. The van der Waals surface area contributed by atoms with Gasteiger partial charge in [-0.15, -0.1) is 0 Å². The highest BCUT2D eigenvalue weighted by Gasteiger charge is 2.33. The summed E-state index contributed by atoms with van der Waals surface area (Å²) in [6.45, 7) is 14.4. The summed E-state index contributed by atoms with van der Waals surface area (Å²) in [4.78, 5) is 0. The van der Waals surface area contributed by atoms with Crippen LogP contribution < -0.4 is 5.32 Å². The van der Waals surface area contributed by atoms with Gasteiger partial charge in [0.1, 0.15) is 0 Å². The minimum Gasteiger partial charge on any atom is -0.322 e. The molecule has 2 heteroatoms. The van der Waals surface area contributed by atoms with Crippen LogP contribution >= 0.6 is 0 Å². The summed E-state index contributed by atoms with van der Waals surface area (Å²) in [7, 11) is 0. The summed E-state index contributed by atoms with van der Waals surface area (Å²) >= 11 is 0. The summed E-state index contributed by atoms with van der Waals surface area (Å²) in [5.41, 5.74) is 0. The highest BCUT2D eigenvalue weighted by atomic mass is 15.4. The molecular weight excluding hydrogens is 148 g/mol. The van der Waals surface area contributed by atoms with Crippen molar-refractivity contribution in [3.63, 3.8) is 0 Å². The summed E-state index contributed by atoms with van der Waals surface area (Å²) in [6, 6.07) is 1.38. The molecule has 1 saturated heterocycles. The maximum atomic E-state index is 3.59. The SMILES string of the molecule is CC[N+]1(CC)CC(C)NC(C)C1. The highest BCUT2D eigenvalue weighted by Crippen LogP contribution is 2.14. The Balaban J connectivity index is 2.62. The van der Waals surface area contributed by atoms with Crippen molar-refractivity contribution in [3.05, 3.63) is 0 Å². The van der Waals surface area contributed by atoms with E-state index in [0.29, 0.717) is 12.1 Å². The number of nitrogens with zero attached hydrogens (tertiary/aromatic N) is 1. The molecule has 2 nitrogen and oxygen atoms in total. The first kappa shape index (κ1) is 10.0. The van der Waals surface area contributed by atoms with E-state index in [0.717, 1.165) is 0 Å². The van der Waals surface area contributed by atoms with Gasteiger partial charge in [-0.1, -0.05) is 0 Å². The third-order valence-electron chi connectivity index (χ3n) is 3.23. The minimum absolute atomic E-state index is 0.689. The summed E-state index contributed by atoms with van der Waals surface area (Å²) < 4.78 is 1.30. The zero-order valence-electron chi connectivity index (χ0n) is 8.93. The van der Waals surface area contributed by atoms with Crippen molar-refractivity contribution in [1.29, 1.82) is 0 Å². The fourth-order valence-corrected chi connectivity index (χ4v) is 2.57. The molecule has 1 fully saturated rings. The Kier molecular flexibility index (Phi) is 3.13. The van der Waals surface area contributed by atoms with Gasteiger partial charge < -0.3 is 9.80 Å². The Labute approximate surface area is 76.5 Å². The molecule has 0 saturated carbocycles. The van der Waals surface area contributed by atoms with Crippen LogP contribution in [-0.2, 0) is 0 Å². The molecule has 0 aromatic carbocycles. The average Bonchev–Trinajstić information content (AvgIpc) is 2.02. The van der Waals surface area contributed by atoms with Gasteiger partial charge in [-0.3, -0.25) is 0 Å². The maximum absolute atomic E-state index is 3.59. The van der Waals surface area contributed by atoms with Crippen LogP contribution in [0.5, 0.6) is 0 Å². The lowest BCUT2D eigenvalue weighted by Gasteiger charge is -2.45. The van der Waals surface area contributed by atoms with Gasteiger partial charge in [0.15, 0.2) is 0 Å². The van der Waals surface area contributed by atoms with Crippen LogP contribution in [0.2, 0.25) is 0 Å². The minimum atomic E-state index is 0.689. The molecule has 0 aromatic rings. The number of quaternary nitrogens is 1. The molecule has 0 aromatic heterocycles. The number of hydrogen-bond acceptors (Lipinski definition) is 1. The van der Waals surface area contributed by atoms with Crippen molar-refractivity contribution in [2.75, 3.05) is 26.2 Å². The fourth-order valence-electron chi connectivity index (χ4n) is 2.57. The number of piperazine rings is 1. The van der Waals surface area contributed by atoms with Crippen molar-refractivity contribution in [1.82, 2.24) is 5.32 Å². The molecule has 0 spiro atoms. The van der Waals surface area contributed by atoms with Gasteiger partial charge >= 0.3 is 0 Å². The molecule has 0 bridgehead atoms. The first-order valence-electron chi connectivity index (χ1n) is 5.23. The predicted octanol–water partition coefficient (Wildman–Crippen LogP) is 1.22. The lowest BCUT2D eigenvalue weighted by atomic mass is 10.1. The van der Waals surface area contributed by atoms with Gasteiger partial charge in [0, 0.05) is 0 Å². The van der Waals surface area contributed by atoms with Gasteiger partial charge in [0.05, 0.1) is 38.3 Å². The van der Waals surface area contributed by atoms with Gasteiger partial charge in [0.2, 0.25) is 0 Å².